The molecule has 0 aliphatic carbocycles. The first-order valence-corrected chi connectivity index (χ1v) is 9.91. The Balaban J connectivity index is 2.06. The molecule has 2 aromatic rings. The third kappa shape index (κ3) is 6.02. The molecule has 30 heavy (non-hydrogen) atoms. The lowest BCUT2D eigenvalue weighted by atomic mass is 10.1. The largest absolute Gasteiger partial charge is 0.462 e. The highest BCUT2D eigenvalue weighted by Gasteiger charge is 2.26. The maximum atomic E-state index is 12.3. The van der Waals surface area contributed by atoms with E-state index in [2.05, 4.69) is 10.6 Å². The average Bonchev–Trinajstić information content (AvgIpc) is 3.06. The normalized spacial score (nSPS) is 10.5. The van der Waals surface area contributed by atoms with Crippen molar-refractivity contribution >= 4 is 46.2 Å². The van der Waals surface area contributed by atoms with Crippen LogP contribution in [0.3, 0.4) is 0 Å². The van der Waals surface area contributed by atoms with E-state index in [1.54, 1.807) is 19.9 Å². The molecule has 2 rings (SSSR count). The summed E-state index contributed by atoms with van der Waals surface area (Å²) in [6, 6.07) is 9.14. The van der Waals surface area contributed by atoms with Crippen LogP contribution in [0.25, 0.3) is 6.08 Å². The number of carbonyl (C=O) groups is 4. The molecule has 1 aromatic heterocycles. The van der Waals surface area contributed by atoms with E-state index < -0.39 is 24.5 Å². The Hall–Kier alpha value is -3.46. The highest BCUT2D eigenvalue weighted by Crippen LogP contribution is 2.33. The lowest BCUT2D eigenvalue weighted by Gasteiger charge is -2.07. The minimum Gasteiger partial charge on any atom is -0.462 e. The van der Waals surface area contributed by atoms with E-state index >= 15 is 0 Å². The quantitative estimate of drug-likeness (QED) is 0.492. The number of hydrogen-bond donors (Lipinski definition) is 2. The van der Waals surface area contributed by atoms with Gasteiger partial charge in [-0.1, -0.05) is 30.3 Å². The minimum atomic E-state index is -0.687. The summed E-state index contributed by atoms with van der Waals surface area (Å²) in [6.45, 7) is 2.84. The molecule has 1 heterocycles. The van der Waals surface area contributed by atoms with Crippen LogP contribution in [0.4, 0.5) is 5.00 Å². The summed E-state index contributed by atoms with van der Waals surface area (Å²) < 4.78 is 9.94. The van der Waals surface area contributed by atoms with Gasteiger partial charge in [0.15, 0.2) is 6.61 Å². The number of thiophene rings is 1. The molecule has 1 aromatic carbocycles. The smallest absolute Gasteiger partial charge is 0.341 e. The first-order chi connectivity index (χ1) is 14.4. The van der Waals surface area contributed by atoms with Crippen molar-refractivity contribution in [2.24, 2.45) is 0 Å². The van der Waals surface area contributed by atoms with Gasteiger partial charge in [0.2, 0.25) is 0 Å². The Bertz CT molecular complexity index is 965. The van der Waals surface area contributed by atoms with Gasteiger partial charge in [-0.2, -0.15) is 0 Å². The zero-order chi connectivity index (χ0) is 22.1. The zero-order valence-corrected chi connectivity index (χ0v) is 17.6. The summed E-state index contributed by atoms with van der Waals surface area (Å²) in [4.78, 5) is 48.6. The number of carbonyl (C=O) groups excluding carboxylic acids is 4. The number of esters is 2. The molecule has 0 radical (unpaired) electrons. The van der Waals surface area contributed by atoms with Crippen LogP contribution in [0, 0.1) is 6.92 Å². The number of hydrogen-bond acceptors (Lipinski definition) is 7. The second kappa shape index (κ2) is 10.9. The number of rotatable bonds is 8. The molecular formula is C21H22N2O6S. The van der Waals surface area contributed by atoms with Crippen molar-refractivity contribution in [3.8, 4) is 0 Å². The Morgan fingerprint density at radius 2 is 1.80 bits per heavy atom. The van der Waals surface area contributed by atoms with Gasteiger partial charge in [0.25, 0.3) is 11.8 Å². The SMILES string of the molecule is CCOC(=O)c1c(NC(=O)COC(=O)/C=C/c2ccccc2)sc(C(=O)NC)c1C. The Labute approximate surface area is 177 Å². The molecule has 0 unspecified atom stereocenters. The van der Waals surface area contributed by atoms with Crippen LogP contribution in [-0.4, -0.2) is 44.0 Å². The van der Waals surface area contributed by atoms with Crippen LogP contribution in [0.5, 0.6) is 0 Å². The molecule has 0 atom stereocenters. The second-order valence-electron chi connectivity index (χ2n) is 5.96. The van der Waals surface area contributed by atoms with Gasteiger partial charge in [0.05, 0.1) is 17.0 Å². The van der Waals surface area contributed by atoms with E-state index in [1.807, 2.05) is 30.3 Å². The van der Waals surface area contributed by atoms with Crippen LogP contribution in [0.1, 0.15) is 38.1 Å². The summed E-state index contributed by atoms with van der Waals surface area (Å²) in [5.74, 6) is -2.37. The molecule has 2 N–H and O–H groups in total. The highest BCUT2D eigenvalue weighted by molar-refractivity contribution is 7.18. The third-order valence-corrected chi connectivity index (χ3v) is 5.08. The molecule has 0 bridgehead atoms. The Morgan fingerprint density at radius 1 is 1.10 bits per heavy atom. The first kappa shape index (κ1) is 22.8. The van der Waals surface area contributed by atoms with E-state index in [-0.39, 0.29) is 28.0 Å². The third-order valence-electron chi connectivity index (χ3n) is 3.87. The van der Waals surface area contributed by atoms with Crippen molar-refractivity contribution in [3.05, 3.63) is 58.0 Å². The predicted molar refractivity (Wildman–Crippen MR) is 113 cm³/mol. The molecule has 0 aliphatic heterocycles. The van der Waals surface area contributed by atoms with Crippen molar-refractivity contribution in [1.82, 2.24) is 5.32 Å². The van der Waals surface area contributed by atoms with Crippen molar-refractivity contribution in [1.29, 1.82) is 0 Å². The van der Waals surface area contributed by atoms with Gasteiger partial charge in [-0.05, 0) is 31.1 Å². The number of benzene rings is 1. The minimum absolute atomic E-state index is 0.101. The van der Waals surface area contributed by atoms with Crippen LogP contribution >= 0.6 is 11.3 Å². The predicted octanol–water partition coefficient (Wildman–Crippen LogP) is 2.79. The van der Waals surface area contributed by atoms with E-state index in [4.69, 9.17) is 9.47 Å². The van der Waals surface area contributed by atoms with Crippen molar-refractivity contribution in [2.75, 3.05) is 25.6 Å². The van der Waals surface area contributed by atoms with Crippen LogP contribution in [0.15, 0.2) is 36.4 Å². The number of amides is 2. The Kier molecular flexibility index (Phi) is 8.30. The van der Waals surface area contributed by atoms with Crippen molar-refractivity contribution in [3.63, 3.8) is 0 Å². The van der Waals surface area contributed by atoms with Crippen LogP contribution in [-0.2, 0) is 19.1 Å². The molecule has 0 spiro atoms. The highest BCUT2D eigenvalue weighted by atomic mass is 32.1. The maximum Gasteiger partial charge on any atom is 0.341 e. The van der Waals surface area contributed by atoms with Gasteiger partial charge in [-0.25, -0.2) is 9.59 Å². The molecule has 0 aliphatic rings. The fraction of sp³-hybridized carbons (Fsp3) is 0.238. The lowest BCUT2D eigenvalue weighted by Crippen LogP contribution is -2.21. The zero-order valence-electron chi connectivity index (χ0n) is 16.8. The van der Waals surface area contributed by atoms with Crippen LogP contribution < -0.4 is 10.6 Å². The van der Waals surface area contributed by atoms with E-state index in [1.165, 1.54) is 13.1 Å². The fourth-order valence-corrected chi connectivity index (χ4v) is 3.61. The van der Waals surface area contributed by atoms with Gasteiger partial charge < -0.3 is 20.1 Å². The summed E-state index contributed by atoms with van der Waals surface area (Å²) >= 11 is 0.944. The van der Waals surface area contributed by atoms with Crippen molar-refractivity contribution in [2.45, 2.75) is 13.8 Å². The van der Waals surface area contributed by atoms with Gasteiger partial charge in [0.1, 0.15) is 5.00 Å². The summed E-state index contributed by atoms with van der Waals surface area (Å²) in [5.41, 5.74) is 1.31. The number of nitrogens with one attached hydrogen (secondary N) is 2. The summed E-state index contributed by atoms with van der Waals surface area (Å²) in [5, 5.41) is 5.16. The van der Waals surface area contributed by atoms with Crippen LogP contribution in [0.2, 0.25) is 0 Å². The molecule has 9 heteroatoms. The molecule has 0 saturated heterocycles. The lowest BCUT2D eigenvalue weighted by molar-refractivity contribution is -0.142. The van der Waals surface area contributed by atoms with E-state index in [0.29, 0.717) is 5.56 Å². The topological polar surface area (TPSA) is 111 Å². The molecule has 2 amide bonds. The molecule has 8 nitrogen and oxygen atoms in total. The standard InChI is InChI=1S/C21H22N2O6S/c1-4-28-21(27)17-13(2)18(19(26)22-3)30-20(17)23-15(24)12-29-16(25)11-10-14-8-6-5-7-9-14/h5-11H,4,12H2,1-3H3,(H,22,26)(H,23,24)/b11-10+. The van der Waals surface area contributed by atoms with Gasteiger partial charge in [0, 0.05) is 13.1 Å². The van der Waals surface area contributed by atoms with Gasteiger partial charge in [-0.15, -0.1) is 11.3 Å². The second-order valence-corrected chi connectivity index (χ2v) is 6.98. The number of anilines is 1. The van der Waals surface area contributed by atoms with Crippen molar-refractivity contribution < 1.29 is 28.7 Å². The summed E-state index contributed by atoms with van der Waals surface area (Å²) in [7, 11) is 1.46. The monoisotopic (exact) mass is 430 g/mol. The Morgan fingerprint density at radius 3 is 2.43 bits per heavy atom. The molecule has 0 fully saturated rings. The molecule has 158 valence electrons. The summed E-state index contributed by atoms with van der Waals surface area (Å²) in [6.07, 6.45) is 2.78. The van der Waals surface area contributed by atoms with Gasteiger partial charge in [-0.3, -0.25) is 9.59 Å². The number of ether oxygens (including phenoxy) is 2. The first-order valence-electron chi connectivity index (χ1n) is 9.09. The van der Waals surface area contributed by atoms with E-state index in [9.17, 15) is 19.2 Å². The van der Waals surface area contributed by atoms with E-state index in [0.717, 1.165) is 16.9 Å². The molecular weight excluding hydrogens is 408 g/mol. The maximum absolute atomic E-state index is 12.3. The molecule has 0 saturated carbocycles. The van der Waals surface area contributed by atoms with Gasteiger partial charge >= 0.3 is 11.9 Å². The average molecular weight is 430 g/mol. The fourth-order valence-electron chi connectivity index (χ4n) is 2.46.